The van der Waals surface area contributed by atoms with Gasteiger partial charge in [0.05, 0.1) is 0 Å². The molecule has 0 nitrogen and oxygen atoms in total. The van der Waals surface area contributed by atoms with Crippen LogP contribution in [-0.2, 0) is 0 Å². The van der Waals surface area contributed by atoms with E-state index in [1.54, 1.807) is 0 Å². The molecule has 4 aliphatic carbocycles. The van der Waals surface area contributed by atoms with Crippen LogP contribution >= 0.6 is 0 Å². The van der Waals surface area contributed by atoms with Crippen LogP contribution in [0.15, 0.2) is 22.8 Å². The normalized spacial score (nSPS) is 43.5. The molecule has 4 aliphatic rings. The second-order valence-corrected chi connectivity index (χ2v) is 13.5. The quantitative estimate of drug-likeness (QED) is 0.405. The van der Waals surface area contributed by atoms with Gasteiger partial charge in [-0.1, -0.05) is 70.8 Å². The van der Waals surface area contributed by atoms with E-state index < -0.39 is 0 Å². The minimum atomic E-state index is 0.464. The first kappa shape index (κ1) is 22.7. The van der Waals surface area contributed by atoms with Gasteiger partial charge < -0.3 is 0 Å². The van der Waals surface area contributed by atoms with Crippen molar-refractivity contribution in [3.63, 3.8) is 0 Å². The second-order valence-electron chi connectivity index (χ2n) is 13.5. The zero-order valence-electron chi connectivity index (χ0n) is 21.6. The third-order valence-electron chi connectivity index (χ3n) is 11.4. The van der Waals surface area contributed by atoms with Crippen LogP contribution in [0.5, 0.6) is 0 Å². The van der Waals surface area contributed by atoms with Crippen LogP contribution in [0.3, 0.4) is 0 Å². The fourth-order valence-electron chi connectivity index (χ4n) is 9.57. The molecule has 0 aromatic heterocycles. The van der Waals surface area contributed by atoms with Gasteiger partial charge in [0, 0.05) is 0 Å². The third-order valence-corrected chi connectivity index (χ3v) is 11.4. The molecule has 0 aliphatic heterocycles. The van der Waals surface area contributed by atoms with E-state index in [1.165, 1.54) is 76.2 Å². The van der Waals surface area contributed by atoms with Crippen LogP contribution in [0, 0.1) is 39.4 Å². The van der Waals surface area contributed by atoms with Crippen molar-refractivity contribution in [2.24, 2.45) is 39.4 Å². The van der Waals surface area contributed by atoms with E-state index in [1.807, 2.05) is 11.1 Å². The first-order chi connectivity index (χ1) is 14.0. The maximum absolute atomic E-state index is 2.71. The summed E-state index contributed by atoms with van der Waals surface area (Å²) in [6.07, 6.45) is 18.1. The van der Waals surface area contributed by atoms with Gasteiger partial charge in [-0.25, -0.2) is 0 Å². The summed E-state index contributed by atoms with van der Waals surface area (Å²) in [5.74, 6) is 2.68. The Hall–Kier alpha value is -0.520. The van der Waals surface area contributed by atoms with E-state index >= 15 is 0 Å². The predicted octanol–water partition coefficient (Wildman–Crippen LogP) is 9.51. The molecule has 0 bridgehead atoms. The molecule has 0 radical (unpaired) electrons. The number of hydrogen-bond donors (Lipinski definition) is 0. The highest BCUT2D eigenvalue weighted by molar-refractivity contribution is 5.38. The summed E-state index contributed by atoms with van der Waals surface area (Å²) in [7, 11) is 0. The Morgan fingerprint density at radius 1 is 0.933 bits per heavy atom. The molecule has 0 N–H and O–H groups in total. The van der Waals surface area contributed by atoms with Crippen LogP contribution in [0.1, 0.15) is 126 Å². The van der Waals surface area contributed by atoms with Gasteiger partial charge in [0.1, 0.15) is 0 Å². The summed E-state index contributed by atoms with van der Waals surface area (Å²) in [6.45, 7) is 20.3. The molecule has 0 saturated heterocycles. The molecule has 0 aromatic rings. The molecule has 30 heavy (non-hydrogen) atoms. The lowest BCUT2D eigenvalue weighted by Crippen LogP contribution is -2.51. The molecule has 0 aromatic carbocycles. The highest BCUT2D eigenvalue weighted by Gasteiger charge is 2.62. The fourth-order valence-corrected chi connectivity index (χ4v) is 9.57. The number of hydrogen-bond acceptors (Lipinski definition) is 0. The van der Waals surface area contributed by atoms with E-state index in [4.69, 9.17) is 0 Å². The lowest BCUT2D eigenvalue weighted by Gasteiger charge is -2.61. The summed E-state index contributed by atoms with van der Waals surface area (Å²) < 4.78 is 0. The average molecular weight is 411 g/mol. The topological polar surface area (TPSA) is 0 Å². The van der Waals surface area contributed by atoms with Gasteiger partial charge in [0.25, 0.3) is 0 Å². The van der Waals surface area contributed by atoms with E-state index in [-0.39, 0.29) is 0 Å². The first-order valence-electron chi connectivity index (χ1n) is 13.3. The van der Waals surface area contributed by atoms with E-state index in [0.29, 0.717) is 21.7 Å². The molecule has 6 atom stereocenters. The van der Waals surface area contributed by atoms with Crippen molar-refractivity contribution in [1.82, 2.24) is 0 Å². The third kappa shape index (κ3) is 3.21. The summed E-state index contributed by atoms with van der Waals surface area (Å²) in [5, 5.41) is 0. The largest absolute Gasteiger partial charge is 0.0859 e. The fraction of sp³-hybridized carbons (Fsp3) is 0.867. The Bertz CT molecular complexity index is 731. The van der Waals surface area contributed by atoms with Gasteiger partial charge in [-0.2, -0.15) is 0 Å². The van der Waals surface area contributed by atoms with Crippen molar-refractivity contribution >= 4 is 0 Å². The Balaban J connectivity index is 1.64. The van der Waals surface area contributed by atoms with Gasteiger partial charge in [0.15, 0.2) is 0 Å². The second kappa shape index (κ2) is 7.52. The Kier molecular flexibility index (Phi) is 5.68. The average Bonchev–Trinajstić information content (AvgIpc) is 2.92. The van der Waals surface area contributed by atoms with Gasteiger partial charge in [-0.3, -0.25) is 0 Å². The van der Waals surface area contributed by atoms with Crippen molar-refractivity contribution in [1.29, 1.82) is 0 Å². The predicted molar refractivity (Wildman–Crippen MR) is 131 cm³/mol. The smallest absolute Gasteiger partial charge is 0.00568 e. The zero-order chi connectivity index (χ0) is 21.9. The molecule has 0 heterocycles. The molecule has 0 heteroatoms. The maximum Gasteiger partial charge on any atom is -0.00568 e. The molecule has 2 fully saturated rings. The van der Waals surface area contributed by atoms with Crippen molar-refractivity contribution < 1.29 is 0 Å². The van der Waals surface area contributed by atoms with Gasteiger partial charge in [0.2, 0.25) is 0 Å². The minimum Gasteiger partial charge on any atom is -0.0859 e. The summed E-state index contributed by atoms with van der Waals surface area (Å²) in [4.78, 5) is 0. The van der Waals surface area contributed by atoms with E-state index in [0.717, 1.165) is 17.8 Å². The monoisotopic (exact) mass is 410 g/mol. The molecular weight excluding hydrogens is 360 g/mol. The van der Waals surface area contributed by atoms with Crippen molar-refractivity contribution in [2.75, 3.05) is 0 Å². The van der Waals surface area contributed by atoms with Crippen LogP contribution in [0.4, 0.5) is 0 Å². The van der Waals surface area contributed by atoms with Gasteiger partial charge >= 0.3 is 0 Å². The molecular formula is C30H50. The summed E-state index contributed by atoms with van der Waals surface area (Å²) in [5.41, 5.74) is 7.42. The maximum atomic E-state index is 2.71. The van der Waals surface area contributed by atoms with Gasteiger partial charge in [-0.15, -0.1) is 0 Å². The van der Waals surface area contributed by atoms with Crippen LogP contribution < -0.4 is 0 Å². The van der Waals surface area contributed by atoms with Crippen molar-refractivity contribution in [2.45, 2.75) is 126 Å². The Labute approximate surface area is 188 Å². The molecule has 0 spiro atoms. The number of fused-ring (bicyclic) bond motifs is 4. The molecule has 2 saturated carbocycles. The Morgan fingerprint density at radius 2 is 1.67 bits per heavy atom. The minimum absolute atomic E-state index is 0.464. The highest BCUT2D eigenvalue weighted by Crippen LogP contribution is 2.72. The van der Waals surface area contributed by atoms with Crippen LogP contribution in [-0.4, -0.2) is 0 Å². The van der Waals surface area contributed by atoms with Gasteiger partial charge in [-0.05, 0) is 117 Å². The summed E-state index contributed by atoms with van der Waals surface area (Å²) in [6, 6.07) is 0. The van der Waals surface area contributed by atoms with E-state index in [2.05, 4.69) is 61.5 Å². The standard InChI is InChI=1S/C30H50/c1-21(2)11-9-12-22(3)23-15-19-30(8)25-13-14-26-27(4,5)17-10-18-28(26,6)24(25)16-20-29(23,30)7/h11,22-23,26H,9-10,12-20H2,1-8H3/t22-,23-,26?,28-,29+,30+/m1/s1. The first-order valence-corrected chi connectivity index (χ1v) is 13.3. The number of rotatable bonds is 4. The Morgan fingerprint density at radius 3 is 2.37 bits per heavy atom. The van der Waals surface area contributed by atoms with Crippen LogP contribution in [0.25, 0.3) is 0 Å². The highest BCUT2D eigenvalue weighted by atomic mass is 14.7. The van der Waals surface area contributed by atoms with Crippen LogP contribution in [0.2, 0.25) is 0 Å². The lowest BCUT2D eigenvalue weighted by atomic mass is 9.43. The molecule has 170 valence electrons. The molecule has 1 unspecified atom stereocenters. The number of allylic oxidation sites excluding steroid dienone is 4. The molecule has 4 rings (SSSR count). The van der Waals surface area contributed by atoms with Crippen molar-refractivity contribution in [3.8, 4) is 0 Å². The van der Waals surface area contributed by atoms with E-state index in [9.17, 15) is 0 Å². The molecule has 0 amide bonds. The lowest BCUT2D eigenvalue weighted by molar-refractivity contribution is -0.0199. The van der Waals surface area contributed by atoms with Crippen molar-refractivity contribution in [3.05, 3.63) is 22.8 Å². The SMILES string of the molecule is CC(C)=CCC[C@@H](C)[C@H]1CC[C@@]2(C)C3=C(CC[C@@]12C)[C@@]1(C)CCCC(C)(C)C1CC3. The summed E-state index contributed by atoms with van der Waals surface area (Å²) >= 11 is 0. The zero-order valence-corrected chi connectivity index (χ0v) is 21.6.